The van der Waals surface area contributed by atoms with E-state index in [9.17, 15) is 5.11 Å². The zero-order chi connectivity index (χ0) is 13.8. The highest BCUT2D eigenvalue weighted by molar-refractivity contribution is 5.31. The van der Waals surface area contributed by atoms with Crippen molar-refractivity contribution in [2.75, 3.05) is 19.6 Å². The van der Waals surface area contributed by atoms with Crippen LogP contribution in [0.25, 0.3) is 0 Å². The van der Waals surface area contributed by atoms with E-state index in [2.05, 4.69) is 43.9 Å². The maximum atomic E-state index is 10.3. The molecule has 1 aliphatic rings. The summed E-state index contributed by atoms with van der Waals surface area (Å²) in [5, 5.41) is 10.3. The van der Waals surface area contributed by atoms with Crippen molar-refractivity contribution < 1.29 is 5.11 Å². The van der Waals surface area contributed by atoms with Crippen LogP contribution in [0, 0.1) is 19.8 Å². The molecule has 1 unspecified atom stereocenters. The molecule has 0 spiro atoms. The van der Waals surface area contributed by atoms with Gasteiger partial charge in [-0.1, -0.05) is 30.7 Å². The fourth-order valence-electron chi connectivity index (χ4n) is 2.95. The Balaban J connectivity index is 1.85. The molecule has 1 saturated heterocycles. The lowest BCUT2D eigenvalue weighted by Crippen LogP contribution is -2.34. The van der Waals surface area contributed by atoms with Gasteiger partial charge in [0.25, 0.3) is 0 Å². The molecule has 2 nitrogen and oxygen atoms in total. The van der Waals surface area contributed by atoms with Crippen molar-refractivity contribution in [3.63, 3.8) is 0 Å². The number of aryl methyl sites for hydroxylation is 2. The third kappa shape index (κ3) is 4.05. The Hall–Kier alpha value is -0.860. The molecular weight excluding hydrogens is 234 g/mol. The standard InChI is InChI=1S/C17H27NO/c1-13-6-9-18(10-7-13)11-8-17(19)16-5-4-14(2)12-15(16)3/h4-5,12-13,17,19H,6-11H2,1-3H3. The molecule has 0 radical (unpaired) electrons. The molecule has 106 valence electrons. The minimum absolute atomic E-state index is 0.319. The number of hydrogen-bond donors (Lipinski definition) is 1. The summed E-state index contributed by atoms with van der Waals surface area (Å²) < 4.78 is 0. The van der Waals surface area contributed by atoms with Crippen molar-refractivity contribution in [3.05, 3.63) is 34.9 Å². The molecule has 1 aliphatic heterocycles. The number of aliphatic hydroxyl groups is 1. The number of aliphatic hydroxyl groups excluding tert-OH is 1. The van der Waals surface area contributed by atoms with Gasteiger partial charge in [-0.15, -0.1) is 0 Å². The highest BCUT2D eigenvalue weighted by Gasteiger charge is 2.17. The summed E-state index contributed by atoms with van der Waals surface area (Å²) in [5.41, 5.74) is 3.56. The highest BCUT2D eigenvalue weighted by Crippen LogP contribution is 2.23. The predicted molar refractivity (Wildman–Crippen MR) is 80.3 cm³/mol. The Kier molecular flexibility index (Phi) is 5.00. The number of piperidine rings is 1. The molecule has 2 heteroatoms. The SMILES string of the molecule is Cc1ccc(C(O)CCN2CCC(C)CC2)c(C)c1. The first-order valence-corrected chi connectivity index (χ1v) is 7.54. The van der Waals surface area contributed by atoms with Gasteiger partial charge in [0.15, 0.2) is 0 Å². The second-order valence-electron chi connectivity index (χ2n) is 6.19. The van der Waals surface area contributed by atoms with Gasteiger partial charge in [0.1, 0.15) is 0 Å². The predicted octanol–water partition coefficient (Wildman–Crippen LogP) is 3.46. The van der Waals surface area contributed by atoms with E-state index >= 15 is 0 Å². The number of nitrogens with zero attached hydrogens (tertiary/aromatic N) is 1. The monoisotopic (exact) mass is 261 g/mol. The minimum Gasteiger partial charge on any atom is -0.388 e. The number of hydrogen-bond acceptors (Lipinski definition) is 2. The van der Waals surface area contributed by atoms with Crippen molar-refractivity contribution >= 4 is 0 Å². The van der Waals surface area contributed by atoms with Crippen LogP contribution in [-0.4, -0.2) is 29.6 Å². The van der Waals surface area contributed by atoms with Gasteiger partial charge in [0.05, 0.1) is 6.10 Å². The van der Waals surface area contributed by atoms with Crippen LogP contribution >= 0.6 is 0 Å². The van der Waals surface area contributed by atoms with Crippen LogP contribution in [0.5, 0.6) is 0 Å². The number of benzene rings is 1. The second kappa shape index (κ2) is 6.53. The van der Waals surface area contributed by atoms with Crippen LogP contribution in [0.15, 0.2) is 18.2 Å². The molecule has 1 aromatic rings. The largest absolute Gasteiger partial charge is 0.388 e. The summed E-state index contributed by atoms with van der Waals surface area (Å²) in [6.07, 6.45) is 3.14. The van der Waals surface area contributed by atoms with Gasteiger partial charge in [-0.3, -0.25) is 0 Å². The smallest absolute Gasteiger partial charge is 0.0804 e. The molecule has 1 heterocycles. The quantitative estimate of drug-likeness (QED) is 0.897. The fourth-order valence-corrected chi connectivity index (χ4v) is 2.95. The Morgan fingerprint density at radius 3 is 2.58 bits per heavy atom. The molecule has 1 aromatic carbocycles. The zero-order valence-corrected chi connectivity index (χ0v) is 12.5. The van der Waals surface area contributed by atoms with Crippen LogP contribution in [-0.2, 0) is 0 Å². The summed E-state index contributed by atoms with van der Waals surface area (Å²) in [7, 11) is 0. The van der Waals surface area contributed by atoms with E-state index in [1.165, 1.54) is 37.1 Å². The highest BCUT2D eigenvalue weighted by atomic mass is 16.3. The summed E-state index contributed by atoms with van der Waals surface area (Å²) in [6, 6.07) is 6.32. The summed E-state index contributed by atoms with van der Waals surface area (Å²) in [6.45, 7) is 9.93. The summed E-state index contributed by atoms with van der Waals surface area (Å²) >= 11 is 0. The van der Waals surface area contributed by atoms with Gasteiger partial charge in [-0.2, -0.15) is 0 Å². The van der Waals surface area contributed by atoms with Gasteiger partial charge in [-0.25, -0.2) is 0 Å². The van der Waals surface area contributed by atoms with Crippen LogP contribution in [0.4, 0.5) is 0 Å². The van der Waals surface area contributed by atoms with E-state index in [-0.39, 0.29) is 6.10 Å². The van der Waals surface area contributed by atoms with Crippen LogP contribution < -0.4 is 0 Å². The van der Waals surface area contributed by atoms with Crippen LogP contribution in [0.2, 0.25) is 0 Å². The molecule has 1 fully saturated rings. The molecule has 0 saturated carbocycles. The molecule has 0 bridgehead atoms. The fraction of sp³-hybridized carbons (Fsp3) is 0.647. The minimum atomic E-state index is -0.319. The Morgan fingerprint density at radius 1 is 1.26 bits per heavy atom. The number of likely N-dealkylation sites (tertiary alicyclic amines) is 1. The first kappa shape index (κ1) is 14.5. The Labute approximate surface area is 117 Å². The average molecular weight is 261 g/mol. The molecule has 0 aliphatic carbocycles. The zero-order valence-electron chi connectivity index (χ0n) is 12.5. The third-order valence-electron chi connectivity index (χ3n) is 4.38. The van der Waals surface area contributed by atoms with E-state index in [4.69, 9.17) is 0 Å². The van der Waals surface area contributed by atoms with Crippen LogP contribution in [0.1, 0.15) is 49.0 Å². The van der Waals surface area contributed by atoms with Gasteiger partial charge in [-0.05, 0) is 63.2 Å². The first-order chi connectivity index (χ1) is 9.06. The first-order valence-electron chi connectivity index (χ1n) is 7.54. The maximum absolute atomic E-state index is 10.3. The Bertz CT molecular complexity index is 408. The molecule has 0 amide bonds. The van der Waals surface area contributed by atoms with Gasteiger partial charge in [0, 0.05) is 6.54 Å². The molecule has 1 atom stereocenters. The summed E-state index contributed by atoms with van der Waals surface area (Å²) in [4.78, 5) is 2.49. The average Bonchev–Trinajstić information content (AvgIpc) is 2.37. The third-order valence-corrected chi connectivity index (χ3v) is 4.38. The maximum Gasteiger partial charge on any atom is 0.0804 e. The van der Waals surface area contributed by atoms with E-state index in [0.29, 0.717) is 0 Å². The van der Waals surface area contributed by atoms with Crippen molar-refractivity contribution in [1.82, 2.24) is 4.90 Å². The van der Waals surface area contributed by atoms with Crippen molar-refractivity contribution in [2.24, 2.45) is 5.92 Å². The molecule has 0 aromatic heterocycles. The van der Waals surface area contributed by atoms with E-state index in [0.717, 1.165) is 24.4 Å². The molecule has 2 rings (SSSR count). The van der Waals surface area contributed by atoms with E-state index in [1.807, 2.05) is 0 Å². The van der Waals surface area contributed by atoms with E-state index < -0.39 is 0 Å². The molecule has 1 N–H and O–H groups in total. The van der Waals surface area contributed by atoms with Crippen molar-refractivity contribution in [3.8, 4) is 0 Å². The van der Waals surface area contributed by atoms with Crippen molar-refractivity contribution in [2.45, 2.75) is 46.1 Å². The van der Waals surface area contributed by atoms with Crippen molar-refractivity contribution in [1.29, 1.82) is 0 Å². The molecule has 19 heavy (non-hydrogen) atoms. The van der Waals surface area contributed by atoms with Gasteiger partial charge >= 0.3 is 0 Å². The topological polar surface area (TPSA) is 23.5 Å². The lowest BCUT2D eigenvalue weighted by Gasteiger charge is -2.30. The van der Waals surface area contributed by atoms with Gasteiger partial charge in [0.2, 0.25) is 0 Å². The normalized spacial score (nSPS) is 19.6. The molecular formula is C17H27NO. The van der Waals surface area contributed by atoms with Gasteiger partial charge < -0.3 is 10.0 Å². The number of rotatable bonds is 4. The lowest BCUT2D eigenvalue weighted by molar-refractivity contribution is 0.125. The summed E-state index contributed by atoms with van der Waals surface area (Å²) in [5.74, 6) is 0.875. The van der Waals surface area contributed by atoms with E-state index in [1.54, 1.807) is 0 Å². The lowest BCUT2D eigenvalue weighted by atomic mass is 9.97. The Morgan fingerprint density at radius 2 is 1.95 bits per heavy atom. The second-order valence-corrected chi connectivity index (χ2v) is 6.19. The van der Waals surface area contributed by atoms with Crippen LogP contribution in [0.3, 0.4) is 0 Å².